The topological polar surface area (TPSA) is 76.1 Å². The number of anilines is 2. The van der Waals surface area contributed by atoms with E-state index in [0.29, 0.717) is 25.5 Å². The van der Waals surface area contributed by atoms with Gasteiger partial charge in [-0.15, -0.1) is 0 Å². The number of benzene rings is 1. The van der Waals surface area contributed by atoms with Gasteiger partial charge in [-0.1, -0.05) is 24.3 Å². The molecular formula is C23H31N7O. The predicted octanol–water partition coefficient (Wildman–Crippen LogP) is 1.30. The smallest absolute Gasteiger partial charge is 0.229 e. The molecule has 1 aromatic carbocycles. The van der Waals surface area contributed by atoms with Gasteiger partial charge in [-0.25, -0.2) is 4.98 Å². The van der Waals surface area contributed by atoms with Gasteiger partial charge in [0, 0.05) is 70.2 Å². The lowest BCUT2D eigenvalue weighted by Crippen LogP contribution is -2.46. The molecule has 8 nitrogen and oxygen atoms in total. The molecule has 1 unspecified atom stereocenters. The molecule has 0 spiro atoms. The molecule has 2 fully saturated rings. The van der Waals surface area contributed by atoms with E-state index in [1.54, 1.807) is 7.05 Å². The van der Waals surface area contributed by atoms with Gasteiger partial charge in [0.25, 0.3) is 0 Å². The first-order valence-electron chi connectivity index (χ1n) is 10.8. The Bertz CT molecular complexity index is 909. The van der Waals surface area contributed by atoms with Crippen LogP contribution in [0.3, 0.4) is 0 Å². The van der Waals surface area contributed by atoms with Crippen LogP contribution >= 0.6 is 0 Å². The van der Waals surface area contributed by atoms with E-state index in [-0.39, 0.29) is 11.9 Å². The summed E-state index contributed by atoms with van der Waals surface area (Å²) in [6.45, 7) is 5.29. The van der Waals surface area contributed by atoms with Gasteiger partial charge < -0.3 is 25.3 Å². The van der Waals surface area contributed by atoms with E-state index in [0.717, 1.165) is 43.2 Å². The van der Waals surface area contributed by atoms with Crippen LogP contribution in [0, 0.1) is 0 Å². The molecular weight excluding hydrogens is 390 g/mol. The van der Waals surface area contributed by atoms with E-state index in [2.05, 4.69) is 43.5 Å². The van der Waals surface area contributed by atoms with Gasteiger partial charge in [0.2, 0.25) is 5.91 Å². The van der Waals surface area contributed by atoms with E-state index in [9.17, 15) is 4.79 Å². The van der Waals surface area contributed by atoms with Crippen molar-refractivity contribution < 1.29 is 4.79 Å². The zero-order chi connectivity index (χ0) is 21.6. The Morgan fingerprint density at radius 1 is 1.13 bits per heavy atom. The van der Waals surface area contributed by atoms with Crippen molar-refractivity contribution >= 4 is 23.4 Å². The largest absolute Gasteiger partial charge is 0.354 e. The average Bonchev–Trinajstić information content (AvgIpc) is 3.18. The second-order valence-corrected chi connectivity index (χ2v) is 8.09. The zero-order valence-corrected chi connectivity index (χ0v) is 18.3. The number of likely N-dealkylation sites (N-methyl/N-ethyl adjacent to an activating group) is 1. The molecule has 31 heavy (non-hydrogen) atoms. The van der Waals surface area contributed by atoms with E-state index in [1.807, 2.05) is 47.5 Å². The van der Waals surface area contributed by atoms with Crippen LogP contribution in [0.25, 0.3) is 0 Å². The molecule has 164 valence electrons. The molecule has 2 N–H and O–H groups in total. The van der Waals surface area contributed by atoms with Crippen molar-refractivity contribution in [2.24, 2.45) is 4.99 Å². The van der Waals surface area contributed by atoms with Gasteiger partial charge in [0.15, 0.2) is 5.96 Å². The highest BCUT2D eigenvalue weighted by Gasteiger charge is 2.31. The molecule has 2 saturated heterocycles. The Morgan fingerprint density at radius 3 is 2.65 bits per heavy atom. The Labute approximate surface area is 184 Å². The van der Waals surface area contributed by atoms with Crippen LogP contribution in [0.4, 0.5) is 11.5 Å². The summed E-state index contributed by atoms with van der Waals surface area (Å²) in [6, 6.07) is 13.9. The number of piperazine rings is 1. The minimum Gasteiger partial charge on any atom is -0.354 e. The van der Waals surface area contributed by atoms with E-state index in [4.69, 9.17) is 0 Å². The number of hydrogen-bond donors (Lipinski definition) is 2. The molecule has 1 amide bonds. The summed E-state index contributed by atoms with van der Waals surface area (Å²) >= 11 is 0. The summed E-state index contributed by atoms with van der Waals surface area (Å²) in [4.78, 5) is 28.0. The predicted molar refractivity (Wildman–Crippen MR) is 124 cm³/mol. The summed E-state index contributed by atoms with van der Waals surface area (Å²) in [5.74, 6) is 1.86. The number of nitrogens with one attached hydrogen (secondary N) is 2. The van der Waals surface area contributed by atoms with Crippen molar-refractivity contribution in [1.29, 1.82) is 0 Å². The molecule has 1 atom stereocenters. The first kappa shape index (κ1) is 21.1. The minimum absolute atomic E-state index is 0.0184. The van der Waals surface area contributed by atoms with Crippen LogP contribution in [0.2, 0.25) is 0 Å². The number of pyridine rings is 1. The standard InChI is InChI=1S/C23H31N7O/c1-24-23(27-19-15-21(31)30(17-19)20-8-4-3-5-9-20)26-16-18-7-6-10-25-22(18)29-13-11-28(2)12-14-29/h3-10,19H,11-17H2,1-2H3,(H2,24,26,27). The van der Waals surface area contributed by atoms with Crippen molar-refractivity contribution in [2.75, 3.05) is 56.6 Å². The summed E-state index contributed by atoms with van der Waals surface area (Å²) in [7, 11) is 3.91. The number of hydrogen-bond acceptors (Lipinski definition) is 5. The maximum atomic E-state index is 12.5. The van der Waals surface area contributed by atoms with Gasteiger partial charge in [-0.2, -0.15) is 0 Å². The molecule has 0 saturated carbocycles. The van der Waals surface area contributed by atoms with Crippen LogP contribution in [-0.2, 0) is 11.3 Å². The van der Waals surface area contributed by atoms with Crippen molar-refractivity contribution in [3.05, 3.63) is 54.2 Å². The maximum Gasteiger partial charge on any atom is 0.229 e. The first-order chi connectivity index (χ1) is 15.1. The second kappa shape index (κ2) is 9.78. The van der Waals surface area contributed by atoms with E-state index >= 15 is 0 Å². The second-order valence-electron chi connectivity index (χ2n) is 8.09. The lowest BCUT2D eigenvalue weighted by molar-refractivity contribution is -0.117. The molecule has 2 aromatic rings. The van der Waals surface area contributed by atoms with Gasteiger partial charge in [-0.05, 0) is 25.2 Å². The fourth-order valence-corrected chi connectivity index (χ4v) is 4.10. The van der Waals surface area contributed by atoms with Crippen LogP contribution in [0.5, 0.6) is 0 Å². The number of carbonyl (C=O) groups is 1. The van der Waals surface area contributed by atoms with Crippen LogP contribution in [0.15, 0.2) is 53.7 Å². The summed E-state index contributed by atoms with van der Waals surface area (Å²) in [5.41, 5.74) is 2.08. The summed E-state index contributed by atoms with van der Waals surface area (Å²) in [5, 5.41) is 6.81. The number of aliphatic imine (C=N–C) groups is 1. The number of carbonyl (C=O) groups excluding carboxylic acids is 1. The highest BCUT2D eigenvalue weighted by atomic mass is 16.2. The van der Waals surface area contributed by atoms with Gasteiger partial charge in [0.05, 0.1) is 6.04 Å². The summed E-state index contributed by atoms with van der Waals surface area (Å²) in [6.07, 6.45) is 2.31. The Kier molecular flexibility index (Phi) is 6.66. The molecule has 8 heteroatoms. The maximum absolute atomic E-state index is 12.5. The molecule has 2 aliphatic rings. The molecule has 2 aliphatic heterocycles. The monoisotopic (exact) mass is 421 g/mol. The Morgan fingerprint density at radius 2 is 1.90 bits per heavy atom. The number of para-hydroxylation sites is 1. The Balaban J connectivity index is 1.35. The molecule has 4 rings (SSSR count). The third kappa shape index (κ3) is 5.14. The number of rotatable bonds is 5. The van der Waals surface area contributed by atoms with Crippen molar-refractivity contribution in [2.45, 2.75) is 19.0 Å². The minimum atomic E-state index is 0.0184. The average molecular weight is 422 g/mol. The molecule has 0 bridgehead atoms. The quantitative estimate of drug-likeness (QED) is 0.560. The highest BCUT2D eigenvalue weighted by Crippen LogP contribution is 2.21. The number of aromatic nitrogens is 1. The number of amides is 1. The lowest BCUT2D eigenvalue weighted by atomic mass is 10.2. The van der Waals surface area contributed by atoms with E-state index < -0.39 is 0 Å². The molecule has 0 aliphatic carbocycles. The van der Waals surface area contributed by atoms with Crippen LogP contribution < -0.4 is 20.4 Å². The molecule has 1 aromatic heterocycles. The first-order valence-corrected chi connectivity index (χ1v) is 10.8. The van der Waals surface area contributed by atoms with Crippen LogP contribution in [0.1, 0.15) is 12.0 Å². The van der Waals surface area contributed by atoms with Gasteiger partial charge in [-0.3, -0.25) is 9.79 Å². The summed E-state index contributed by atoms with van der Waals surface area (Å²) < 4.78 is 0. The van der Waals surface area contributed by atoms with E-state index in [1.165, 1.54) is 0 Å². The Hall–Kier alpha value is -3.13. The number of nitrogens with zero attached hydrogens (tertiary/aromatic N) is 5. The third-order valence-electron chi connectivity index (χ3n) is 5.87. The van der Waals surface area contributed by atoms with Crippen molar-refractivity contribution in [1.82, 2.24) is 20.5 Å². The fourth-order valence-electron chi connectivity index (χ4n) is 4.10. The highest BCUT2D eigenvalue weighted by molar-refractivity contribution is 5.97. The fraction of sp³-hybridized carbons (Fsp3) is 0.435. The lowest BCUT2D eigenvalue weighted by Gasteiger charge is -2.34. The van der Waals surface area contributed by atoms with Gasteiger partial charge >= 0.3 is 0 Å². The van der Waals surface area contributed by atoms with Crippen LogP contribution in [-0.4, -0.2) is 74.6 Å². The number of guanidine groups is 1. The molecule has 3 heterocycles. The van der Waals surface area contributed by atoms with Crippen molar-refractivity contribution in [3.63, 3.8) is 0 Å². The normalized spacial score (nSPS) is 20.3. The molecule has 0 radical (unpaired) electrons. The van der Waals surface area contributed by atoms with Crippen molar-refractivity contribution in [3.8, 4) is 0 Å². The van der Waals surface area contributed by atoms with Gasteiger partial charge in [0.1, 0.15) is 5.82 Å². The third-order valence-corrected chi connectivity index (χ3v) is 5.87. The SMILES string of the molecule is CN=C(NCc1cccnc1N1CCN(C)CC1)NC1CC(=O)N(c2ccccc2)C1. The zero-order valence-electron chi connectivity index (χ0n) is 18.3.